The minimum Gasteiger partial charge on any atom is -0.339 e. The van der Waals surface area contributed by atoms with Crippen molar-refractivity contribution in [3.05, 3.63) is 11.7 Å². The maximum Gasteiger partial charge on any atom is 0.324 e. The molecule has 4 rings (SSSR count). The second-order valence-electron chi connectivity index (χ2n) is 6.17. The van der Waals surface area contributed by atoms with Crippen molar-refractivity contribution < 1.29 is 14.1 Å². The zero-order chi connectivity index (χ0) is 15.1. The number of aromatic nitrogens is 2. The van der Waals surface area contributed by atoms with Crippen LogP contribution in [0.15, 0.2) is 4.52 Å². The Labute approximate surface area is 127 Å². The molecule has 2 saturated heterocycles. The quantitative estimate of drug-likeness (QED) is 0.877. The largest absolute Gasteiger partial charge is 0.339 e. The van der Waals surface area contributed by atoms with Crippen LogP contribution in [0.3, 0.4) is 0 Å². The van der Waals surface area contributed by atoms with Gasteiger partial charge in [0.25, 0.3) is 0 Å². The molecule has 3 fully saturated rings. The molecule has 3 heterocycles. The maximum absolute atomic E-state index is 12.3. The summed E-state index contributed by atoms with van der Waals surface area (Å²) in [7, 11) is 0. The van der Waals surface area contributed by atoms with Crippen molar-refractivity contribution >= 4 is 11.9 Å². The zero-order valence-corrected chi connectivity index (χ0v) is 12.3. The summed E-state index contributed by atoms with van der Waals surface area (Å²) in [5.41, 5.74) is 0. The van der Waals surface area contributed by atoms with Gasteiger partial charge in [-0.3, -0.25) is 14.6 Å². The zero-order valence-electron chi connectivity index (χ0n) is 12.3. The van der Waals surface area contributed by atoms with Gasteiger partial charge in [0.2, 0.25) is 11.8 Å². The molecule has 0 radical (unpaired) electrons. The monoisotopic (exact) mass is 305 g/mol. The summed E-state index contributed by atoms with van der Waals surface area (Å²) in [6, 6.07) is -0.276. The van der Waals surface area contributed by atoms with E-state index in [4.69, 9.17) is 4.52 Å². The predicted octanol–water partition coefficient (Wildman–Crippen LogP) is 0.636. The van der Waals surface area contributed by atoms with Gasteiger partial charge in [0.1, 0.15) is 0 Å². The van der Waals surface area contributed by atoms with Crippen molar-refractivity contribution in [3.8, 4) is 0 Å². The van der Waals surface area contributed by atoms with Crippen molar-refractivity contribution in [2.75, 3.05) is 26.2 Å². The van der Waals surface area contributed by atoms with E-state index in [9.17, 15) is 9.59 Å². The van der Waals surface area contributed by atoms with Crippen molar-refractivity contribution in [3.63, 3.8) is 0 Å². The van der Waals surface area contributed by atoms with E-state index < -0.39 is 0 Å². The van der Waals surface area contributed by atoms with Crippen LogP contribution in [-0.4, -0.2) is 58.1 Å². The first kappa shape index (κ1) is 13.7. The first-order valence-corrected chi connectivity index (χ1v) is 7.88. The van der Waals surface area contributed by atoms with Crippen molar-refractivity contribution in [2.24, 2.45) is 0 Å². The Bertz CT molecular complexity index is 597. The molecule has 0 unspecified atom stereocenters. The first-order chi connectivity index (χ1) is 10.7. The molecule has 0 aromatic carbocycles. The lowest BCUT2D eigenvalue weighted by atomic mass is 10.2. The van der Waals surface area contributed by atoms with E-state index in [1.54, 1.807) is 0 Å². The summed E-state index contributed by atoms with van der Waals surface area (Å²) in [4.78, 5) is 31.7. The molecule has 1 aliphatic carbocycles. The van der Waals surface area contributed by atoms with Gasteiger partial charge in [-0.25, -0.2) is 4.79 Å². The van der Waals surface area contributed by atoms with Crippen LogP contribution in [0.25, 0.3) is 0 Å². The highest BCUT2D eigenvalue weighted by Crippen LogP contribution is 2.40. The first-order valence-electron chi connectivity index (χ1n) is 7.88. The van der Waals surface area contributed by atoms with Gasteiger partial charge in [-0.1, -0.05) is 5.16 Å². The Kier molecular flexibility index (Phi) is 3.33. The van der Waals surface area contributed by atoms with Crippen LogP contribution in [0.4, 0.5) is 4.79 Å². The minimum atomic E-state index is -0.295. The van der Waals surface area contributed by atoms with E-state index in [0.717, 1.165) is 38.1 Å². The highest BCUT2D eigenvalue weighted by molar-refractivity contribution is 5.96. The third kappa shape index (κ3) is 2.47. The summed E-state index contributed by atoms with van der Waals surface area (Å²) in [6.45, 7) is 2.03. The second kappa shape index (κ2) is 5.35. The number of likely N-dealkylation sites (tertiary alicyclic amines) is 1. The fourth-order valence-corrected chi connectivity index (χ4v) is 3.16. The van der Waals surface area contributed by atoms with Gasteiger partial charge in [-0.15, -0.1) is 0 Å². The number of nitrogens with zero attached hydrogens (tertiary/aromatic N) is 4. The molecule has 1 saturated carbocycles. The smallest absolute Gasteiger partial charge is 0.324 e. The number of nitrogens with one attached hydrogen (secondary N) is 1. The lowest BCUT2D eigenvalue weighted by Gasteiger charge is -2.23. The lowest BCUT2D eigenvalue weighted by Crippen LogP contribution is -2.41. The Hall–Kier alpha value is -1.96. The molecule has 3 amide bonds. The molecular weight excluding hydrogens is 286 g/mol. The fourth-order valence-electron chi connectivity index (χ4n) is 3.16. The van der Waals surface area contributed by atoms with Crippen LogP contribution in [0.1, 0.15) is 49.4 Å². The summed E-state index contributed by atoms with van der Waals surface area (Å²) in [6.07, 6.45) is 4.16. The molecule has 3 aliphatic rings. The maximum atomic E-state index is 12.3. The molecule has 0 bridgehead atoms. The van der Waals surface area contributed by atoms with Crippen LogP contribution in [0.5, 0.6) is 0 Å². The minimum absolute atomic E-state index is 0.0193. The number of rotatable bonds is 4. The van der Waals surface area contributed by atoms with Crippen LogP contribution in [0, 0.1) is 0 Å². The molecule has 8 heteroatoms. The molecule has 1 atom stereocenters. The Balaban J connectivity index is 1.43. The van der Waals surface area contributed by atoms with E-state index in [2.05, 4.69) is 20.4 Å². The number of amides is 3. The number of carbonyl (C=O) groups is 2. The highest BCUT2D eigenvalue weighted by atomic mass is 16.5. The summed E-state index contributed by atoms with van der Waals surface area (Å²) >= 11 is 0. The number of carbonyl (C=O) groups excluding carboxylic acids is 2. The van der Waals surface area contributed by atoms with E-state index >= 15 is 0 Å². The molecule has 0 spiro atoms. The third-order valence-electron chi connectivity index (χ3n) is 4.54. The third-order valence-corrected chi connectivity index (χ3v) is 4.54. The Morgan fingerprint density at radius 2 is 2.18 bits per heavy atom. The van der Waals surface area contributed by atoms with Crippen LogP contribution >= 0.6 is 0 Å². The molecular formula is C14H19N5O3. The number of imide groups is 1. The fraction of sp³-hybridized carbons (Fsp3) is 0.714. The molecule has 1 N–H and O–H groups in total. The van der Waals surface area contributed by atoms with Crippen LogP contribution < -0.4 is 5.32 Å². The molecule has 1 aromatic heterocycles. The molecule has 1 aromatic rings. The highest BCUT2D eigenvalue weighted by Gasteiger charge is 2.36. The summed E-state index contributed by atoms with van der Waals surface area (Å²) in [5, 5.41) is 6.75. The number of hydrogen-bond donors (Lipinski definition) is 1. The Morgan fingerprint density at radius 3 is 2.91 bits per heavy atom. The second-order valence-corrected chi connectivity index (χ2v) is 6.17. The molecule has 118 valence electrons. The standard InChI is InChI=1S/C14H19N5O3/c20-11(19-7-5-15-14(19)21)8-18-6-1-2-10(18)12-16-13(22-17-12)9-3-4-9/h9-10H,1-8H2,(H,15,21)/t10-/m0/s1. The van der Waals surface area contributed by atoms with Gasteiger partial charge >= 0.3 is 6.03 Å². The van der Waals surface area contributed by atoms with E-state index in [1.165, 1.54) is 4.90 Å². The normalized spacial score (nSPS) is 25.7. The molecule has 22 heavy (non-hydrogen) atoms. The lowest BCUT2D eigenvalue weighted by molar-refractivity contribution is -0.129. The van der Waals surface area contributed by atoms with Gasteiger partial charge in [0.15, 0.2) is 5.82 Å². The average Bonchev–Trinajstić information content (AvgIpc) is 2.91. The van der Waals surface area contributed by atoms with Crippen molar-refractivity contribution in [2.45, 2.75) is 37.6 Å². The number of urea groups is 1. The number of hydrogen-bond acceptors (Lipinski definition) is 6. The van der Waals surface area contributed by atoms with Gasteiger partial charge in [0, 0.05) is 19.0 Å². The van der Waals surface area contributed by atoms with Gasteiger partial charge in [0.05, 0.1) is 12.6 Å². The van der Waals surface area contributed by atoms with Crippen molar-refractivity contribution in [1.82, 2.24) is 25.3 Å². The molecule has 8 nitrogen and oxygen atoms in total. The predicted molar refractivity (Wildman–Crippen MR) is 74.9 cm³/mol. The van der Waals surface area contributed by atoms with Crippen LogP contribution in [-0.2, 0) is 4.79 Å². The van der Waals surface area contributed by atoms with E-state index in [-0.39, 0.29) is 24.5 Å². The van der Waals surface area contributed by atoms with Crippen LogP contribution in [0.2, 0.25) is 0 Å². The van der Waals surface area contributed by atoms with Gasteiger partial charge in [-0.05, 0) is 32.2 Å². The van der Waals surface area contributed by atoms with Crippen molar-refractivity contribution in [1.29, 1.82) is 0 Å². The SMILES string of the molecule is O=C(CN1CCC[C@H]1c1noc(C2CC2)n1)N1CCNC1=O. The Morgan fingerprint density at radius 1 is 1.32 bits per heavy atom. The van der Waals surface area contributed by atoms with E-state index in [1.807, 2.05) is 0 Å². The topological polar surface area (TPSA) is 91.6 Å². The van der Waals surface area contributed by atoms with Gasteiger partial charge in [-0.2, -0.15) is 4.98 Å². The summed E-state index contributed by atoms with van der Waals surface area (Å²) in [5.74, 6) is 1.68. The molecule has 2 aliphatic heterocycles. The van der Waals surface area contributed by atoms with Gasteiger partial charge < -0.3 is 9.84 Å². The summed E-state index contributed by atoms with van der Waals surface area (Å²) < 4.78 is 5.32. The van der Waals surface area contributed by atoms with E-state index in [0.29, 0.717) is 24.8 Å². The average molecular weight is 305 g/mol.